The van der Waals surface area contributed by atoms with Gasteiger partial charge in [0.05, 0.1) is 19.1 Å². The summed E-state index contributed by atoms with van der Waals surface area (Å²) in [5.74, 6) is 0.999. The molecule has 4 N–H and O–H groups in total. The molecule has 4 rings (SSSR count). The number of fused-ring (bicyclic) bond motifs is 1. The summed E-state index contributed by atoms with van der Waals surface area (Å²) in [5, 5.41) is 45.1. The van der Waals surface area contributed by atoms with E-state index in [4.69, 9.17) is 14.2 Å². The first-order chi connectivity index (χ1) is 16.0. The second-order valence-corrected chi connectivity index (χ2v) is 7.95. The third-order valence-electron chi connectivity index (χ3n) is 5.90. The minimum Gasteiger partial charge on any atom is -0.497 e. The van der Waals surface area contributed by atoms with Crippen LogP contribution in [0.5, 0.6) is 11.6 Å². The van der Waals surface area contributed by atoms with Gasteiger partial charge >= 0.3 is 0 Å². The smallest absolute Gasteiger partial charge is 0.245 e. The Morgan fingerprint density at radius 2 is 1.79 bits per heavy atom. The second-order valence-electron chi connectivity index (χ2n) is 7.95. The van der Waals surface area contributed by atoms with Crippen LogP contribution in [0.4, 0.5) is 0 Å². The summed E-state index contributed by atoms with van der Waals surface area (Å²) < 4.78 is 18.3. The number of benzene rings is 1. The lowest BCUT2D eigenvalue weighted by Gasteiger charge is -2.39. The van der Waals surface area contributed by atoms with Crippen molar-refractivity contribution in [2.24, 2.45) is 0 Å². The van der Waals surface area contributed by atoms with Crippen molar-refractivity contribution in [3.63, 3.8) is 0 Å². The quantitative estimate of drug-likeness (QED) is 0.377. The molecule has 0 amide bonds. The van der Waals surface area contributed by atoms with E-state index in [2.05, 4.69) is 10.1 Å². The molecule has 1 fully saturated rings. The number of nitrogens with zero attached hydrogens (tertiary/aromatic N) is 3. The zero-order valence-corrected chi connectivity index (χ0v) is 18.5. The maximum absolute atomic E-state index is 10.4. The number of ether oxygens (including phenoxy) is 3. The lowest BCUT2D eigenvalue weighted by molar-refractivity contribution is -0.278. The average Bonchev–Trinajstić information content (AvgIpc) is 3.21. The van der Waals surface area contributed by atoms with E-state index in [9.17, 15) is 20.4 Å². The van der Waals surface area contributed by atoms with Crippen LogP contribution in [0, 0.1) is 0 Å². The fourth-order valence-electron chi connectivity index (χ4n) is 3.98. The van der Waals surface area contributed by atoms with Gasteiger partial charge in [0.25, 0.3) is 0 Å². The number of hydrogen-bond acceptors (Lipinski definition) is 9. The molecule has 5 atom stereocenters. The Labute approximate surface area is 191 Å². The highest BCUT2D eigenvalue weighted by Gasteiger charge is 2.45. The van der Waals surface area contributed by atoms with E-state index in [0.717, 1.165) is 23.3 Å². The first-order valence-electron chi connectivity index (χ1n) is 10.9. The molecule has 0 saturated carbocycles. The summed E-state index contributed by atoms with van der Waals surface area (Å²) in [7, 11) is 1.63. The highest BCUT2D eigenvalue weighted by Crippen LogP contribution is 2.31. The number of aliphatic hydroxyl groups excluding tert-OH is 4. The minimum atomic E-state index is -1.53. The highest BCUT2D eigenvalue weighted by atomic mass is 16.7. The fourth-order valence-corrected chi connectivity index (χ4v) is 3.98. The molecule has 1 saturated heterocycles. The number of aliphatic hydroxyl groups is 4. The van der Waals surface area contributed by atoms with Gasteiger partial charge in [0, 0.05) is 12.7 Å². The number of rotatable bonds is 8. The average molecular weight is 459 g/mol. The molecule has 178 valence electrons. The zero-order valence-electron chi connectivity index (χ0n) is 18.5. The molecular weight excluding hydrogens is 430 g/mol. The van der Waals surface area contributed by atoms with Crippen LogP contribution in [0.2, 0.25) is 0 Å². The number of hydrogen-bond donors (Lipinski definition) is 4. The van der Waals surface area contributed by atoms with Crippen LogP contribution in [0.1, 0.15) is 18.1 Å². The van der Waals surface area contributed by atoms with Crippen molar-refractivity contribution < 1.29 is 34.6 Å². The van der Waals surface area contributed by atoms with Crippen molar-refractivity contribution in [1.82, 2.24) is 14.8 Å². The molecule has 0 bridgehead atoms. The van der Waals surface area contributed by atoms with Gasteiger partial charge in [-0.1, -0.05) is 12.1 Å². The standard InChI is InChI=1S/C23H29N3O7/c1-3-26-21-17(14(10-11-24-21)7-4-13-5-8-15(31-2)9-6-13)22(25-26)33-23-20(30)19(29)18(28)16(12-27)32-23/h5-6,8-11,16,18-20,23,27-30H,3-4,7,12H2,1-2H3/t16-,18-,19+,20-,23+/m1/s1. The van der Waals surface area contributed by atoms with Gasteiger partial charge in [-0.15, -0.1) is 5.10 Å². The van der Waals surface area contributed by atoms with Gasteiger partial charge in [0.15, 0.2) is 5.65 Å². The van der Waals surface area contributed by atoms with Crippen LogP contribution < -0.4 is 9.47 Å². The molecule has 3 aromatic rings. The summed E-state index contributed by atoms with van der Waals surface area (Å²) >= 11 is 0. The topological polar surface area (TPSA) is 139 Å². The predicted molar refractivity (Wildman–Crippen MR) is 118 cm³/mol. The highest BCUT2D eigenvalue weighted by molar-refractivity contribution is 5.85. The van der Waals surface area contributed by atoms with Crippen molar-refractivity contribution in [2.75, 3.05) is 13.7 Å². The molecule has 33 heavy (non-hydrogen) atoms. The Bertz CT molecular complexity index is 1070. The van der Waals surface area contributed by atoms with Gasteiger partial charge < -0.3 is 34.6 Å². The van der Waals surface area contributed by atoms with E-state index in [1.54, 1.807) is 18.0 Å². The molecule has 1 aromatic carbocycles. The molecule has 0 radical (unpaired) electrons. The molecule has 1 aliphatic rings. The molecule has 1 aliphatic heterocycles. The normalized spacial score (nSPS) is 25.3. The van der Waals surface area contributed by atoms with Crippen molar-refractivity contribution in [2.45, 2.75) is 57.0 Å². The van der Waals surface area contributed by atoms with E-state index < -0.39 is 37.3 Å². The van der Waals surface area contributed by atoms with Gasteiger partial charge in [-0.2, -0.15) is 0 Å². The van der Waals surface area contributed by atoms with Crippen LogP contribution in [-0.2, 0) is 24.1 Å². The Kier molecular flexibility index (Phi) is 7.11. The molecule has 0 unspecified atom stereocenters. The Morgan fingerprint density at radius 1 is 1.03 bits per heavy atom. The molecule has 0 aliphatic carbocycles. The lowest BCUT2D eigenvalue weighted by atomic mass is 9.99. The monoisotopic (exact) mass is 459 g/mol. The summed E-state index contributed by atoms with van der Waals surface area (Å²) in [6.45, 7) is 1.93. The fraction of sp³-hybridized carbons (Fsp3) is 0.478. The SMILES string of the molecule is CCn1nc(O[C@@H]2O[C@H](CO)[C@@H](O)[C@H](O)[C@H]2O)c2c(CCc3ccc(OC)cc3)ccnc21. The van der Waals surface area contributed by atoms with E-state index in [1.165, 1.54) is 0 Å². The zero-order chi connectivity index (χ0) is 23.5. The maximum Gasteiger partial charge on any atom is 0.245 e. The van der Waals surface area contributed by atoms with E-state index in [1.807, 2.05) is 37.3 Å². The molecule has 10 heteroatoms. The number of methoxy groups -OCH3 is 1. The third kappa shape index (κ3) is 4.66. The van der Waals surface area contributed by atoms with Crippen LogP contribution in [-0.4, -0.2) is 79.6 Å². The molecule has 10 nitrogen and oxygen atoms in total. The summed E-state index contributed by atoms with van der Waals surface area (Å²) in [4.78, 5) is 4.45. The predicted octanol–water partition coefficient (Wildman–Crippen LogP) is 0.424. The first kappa shape index (κ1) is 23.4. The molecule has 2 aromatic heterocycles. The van der Waals surface area contributed by atoms with Gasteiger partial charge in [-0.3, -0.25) is 0 Å². The third-order valence-corrected chi connectivity index (χ3v) is 5.90. The Morgan fingerprint density at radius 3 is 2.45 bits per heavy atom. The van der Waals surface area contributed by atoms with Crippen molar-refractivity contribution in [3.8, 4) is 11.6 Å². The molecule has 3 heterocycles. The van der Waals surface area contributed by atoms with Gasteiger partial charge in [0.1, 0.15) is 30.2 Å². The van der Waals surface area contributed by atoms with Crippen LogP contribution in [0.15, 0.2) is 36.5 Å². The first-order valence-corrected chi connectivity index (χ1v) is 10.9. The van der Waals surface area contributed by atoms with E-state index in [-0.39, 0.29) is 5.88 Å². The number of aryl methyl sites for hydroxylation is 3. The summed E-state index contributed by atoms with van der Waals surface area (Å²) in [6, 6.07) is 9.75. The lowest BCUT2D eigenvalue weighted by Crippen LogP contribution is -2.60. The number of pyridine rings is 1. The largest absolute Gasteiger partial charge is 0.497 e. The van der Waals surface area contributed by atoms with E-state index >= 15 is 0 Å². The van der Waals surface area contributed by atoms with Gasteiger partial charge in [0.2, 0.25) is 12.2 Å². The van der Waals surface area contributed by atoms with Crippen molar-refractivity contribution >= 4 is 11.0 Å². The summed E-state index contributed by atoms with van der Waals surface area (Å²) in [6.07, 6.45) is -3.74. The van der Waals surface area contributed by atoms with Crippen LogP contribution in [0.3, 0.4) is 0 Å². The van der Waals surface area contributed by atoms with Crippen molar-refractivity contribution in [1.29, 1.82) is 0 Å². The minimum absolute atomic E-state index is 0.203. The van der Waals surface area contributed by atoms with Gasteiger partial charge in [-0.25, -0.2) is 9.67 Å². The Balaban J connectivity index is 1.62. The molecular formula is C23H29N3O7. The Hall–Kier alpha value is -2.76. The molecule has 0 spiro atoms. The van der Waals surface area contributed by atoms with Gasteiger partial charge in [-0.05, 0) is 49.1 Å². The second kappa shape index (κ2) is 10.0. The maximum atomic E-state index is 10.4. The number of aromatic nitrogens is 3. The van der Waals surface area contributed by atoms with E-state index in [0.29, 0.717) is 24.0 Å². The summed E-state index contributed by atoms with van der Waals surface area (Å²) in [5.41, 5.74) is 2.72. The van der Waals surface area contributed by atoms with Crippen LogP contribution >= 0.6 is 0 Å². The van der Waals surface area contributed by atoms with Crippen molar-refractivity contribution in [3.05, 3.63) is 47.7 Å². The van der Waals surface area contributed by atoms with Crippen LogP contribution in [0.25, 0.3) is 11.0 Å².